The van der Waals surface area contributed by atoms with Crippen LogP contribution in [0.4, 0.5) is 5.69 Å². The number of ether oxygens (including phenoxy) is 1. The van der Waals surface area contributed by atoms with Gasteiger partial charge in [0.1, 0.15) is 11.9 Å². The molecule has 1 saturated heterocycles. The second-order valence-electron chi connectivity index (χ2n) is 8.59. The number of benzene rings is 1. The van der Waals surface area contributed by atoms with Gasteiger partial charge in [-0.2, -0.15) is 0 Å². The number of nitrogens with one attached hydrogen (secondary N) is 1. The molecule has 1 atom stereocenters. The van der Waals surface area contributed by atoms with Crippen LogP contribution < -0.4 is 15.0 Å². The largest absolute Gasteiger partial charge is 0.483 e. The third-order valence-electron chi connectivity index (χ3n) is 6.53. The molecule has 0 aliphatic carbocycles. The first-order valence-electron chi connectivity index (χ1n) is 11.5. The summed E-state index contributed by atoms with van der Waals surface area (Å²) in [6.45, 7) is 7.05. The highest BCUT2D eigenvalue weighted by Crippen LogP contribution is 2.38. The zero-order chi connectivity index (χ0) is 23.0. The summed E-state index contributed by atoms with van der Waals surface area (Å²) in [6.07, 6.45) is 6.98. The molecule has 0 radical (unpaired) electrons. The van der Waals surface area contributed by atoms with E-state index in [4.69, 9.17) is 9.73 Å². The van der Waals surface area contributed by atoms with E-state index in [1.165, 1.54) is 16.3 Å². The molecule has 2 heterocycles. The van der Waals surface area contributed by atoms with E-state index in [-0.39, 0.29) is 11.6 Å². The Morgan fingerprint density at radius 2 is 2.00 bits per heavy atom. The Hall–Kier alpha value is -2.15. The molecule has 1 aliphatic rings. The zero-order valence-corrected chi connectivity index (χ0v) is 21.0. The van der Waals surface area contributed by atoms with E-state index in [9.17, 15) is 0 Å². The zero-order valence-electron chi connectivity index (χ0n) is 20.2. The fraction of sp³-hybridized carbons (Fsp3) is 0.500. The standard InChI is InChI=1S/C26H38N4OS/c1-6-16-28-21(2)26(29(4)5)14-18-30(19-15-26)22-10-7-8-11-23(22)31-24(13-17-27-3)25-12-9-20-32-25/h6-12,16,20,24,27H,13-15,17-19H2,1-5H3/b16-6-,28-21+. The van der Waals surface area contributed by atoms with Crippen molar-refractivity contribution in [2.45, 2.75) is 44.8 Å². The van der Waals surface area contributed by atoms with Crippen LogP contribution in [0.2, 0.25) is 0 Å². The lowest BCUT2D eigenvalue weighted by Gasteiger charge is -2.47. The summed E-state index contributed by atoms with van der Waals surface area (Å²) in [5.41, 5.74) is 2.38. The number of hydrogen-bond acceptors (Lipinski definition) is 6. The van der Waals surface area contributed by atoms with Gasteiger partial charge in [0, 0.05) is 36.3 Å². The number of rotatable bonds is 10. The first-order valence-corrected chi connectivity index (χ1v) is 12.4. The van der Waals surface area contributed by atoms with Crippen molar-refractivity contribution in [3.05, 3.63) is 58.9 Å². The average molecular weight is 455 g/mol. The molecule has 0 saturated carbocycles. The number of hydrogen-bond donors (Lipinski definition) is 1. The van der Waals surface area contributed by atoms with Crippen LogP contribution in [0.5, 0.6) is 5.75 Å². The molecule has 1 aliphatic heterocycles. The van der Waals surface area contributed by atoms with Gasteiger partial charge in [-0.3, -0.25) is 9.89 Å². The van der Waals surface area contributed by atoms with Crippen LogP contribution in [0, 0.1) is 0 Å². The Balaban J connectivity index is 1.79. The minimum Gasteiger partial charge on any atom is -0.483 e. The highest BCUT2D eigenvalue weighted by Gasteiger charge is 2.39. The summed E-state index contributed by atoms with van der Waals surface area (Å²) in [6, 6.07) is 12.8. The SMILES string of the molecule is C/C=C\N=C(/C)C1(N(C)C)CCN(c2ccccc2OC(CCNC)c2cccs2)CC1. The van der Waals surface area contributed by atoms with Crippen LogP contribution in [0.15, 0.2) is 59.0 Å². The summed E-state index contributed by atoms with van der Waals surface area (Å²) in [5, 5.41) is 5.39. The van der Waals surface area contributed by atoms with Crippen LogP contribution >= 0.6 is 11.3 Å². The van der Waals surface area contributed by atoms with Crippen LogP contribution in [-0.4, -0.2) is 56.9 Å². The van der Waals surface area contributed by atoms with Crippen molar-refractivity contribution in [1.82, 2.24) is 10.2 Å². The molecule has 0 bridgehead atoms. The maximum absolute atomic E-state index is 6.63. The molecule has 0 amide bonds. The van der Waals surface area contributed by atoms with Gasteiger partial charge in [0.15, 0.2) is 0 Å². The summed E-state index contributed by atoms with van der Waals surface area (Å²) in [4.78, 5) is 10.8. The third kappa shape index (κ3) is 5.61. The van der Waals surface area contributed by atoms with E-state index >= 15 is 0 Å². The minimum absolute atomic E-state index is 0.00187. The lowest BCUT2D eigenvalue weighted by molar-refractivity contribution is 0.185. The predicted molar refractivity (Wildman–Crippen MR) is 138 cm³/mol. The number of allylic oxidation sites excluding steroid dienone is 1. The average Bonchev–Trinajstić information content (AvgIpc) is 3.35. The monoisotopic (exact) mass is 454 g/mol. The summed E-state index contributed by atoms with van der Waals surface area (Å²) >= 11 is 1.76. The van der Waals surface area contributed by atoms with Gasteiger partial charge in [-0.15, -0.1) is 11.3 Å². The van der Waals surface area contributed by atoms with Crippen molar-refractivity contribution < 1.29 is 4.74 Å². The highest BCUT2D eigenvalue weighted by molar-refractivity contribution is 7.10. The number of piperidine rings is 1. The molecular weight excluding hydrogens is 416 g/mol. The Morgan fingerprint density at radius 3 is 2.62 bits per heavy atom. The van der Waals surface area contributed by atoms with Crippen LogP contribution in [0.1, 0.15) is 44.1 Å². The smallest absolute Gasteiger partial charge is 0.143 e. The first kappa shape index (κ1) is 24.5. The molecule has 5 nitrogen and oxygen atoms in total. The van der Waals surface area contributed by atoms with E-state index in [2.05, 4.69) is 77.9 Å². The van der Waals surface area contributed by atoms with Gasteiger partial charge in [0.2, 0.25) is 0 Å². The number of thiophene rings is 1. The molecule has 1 fully saturated rings. The van der Waals surface area contributed by atoms with Crippen molar-refractivity contribution in [3.8, 4) is 5.75 Å². The predicted octanol–water partition coefficient (Wildman–Crippen LogP) is 5.37. The number of anilines is 1. The summed E-state index contributed by atoms with van der Waals surface area (Å²) in [5.74, 6) is 0.971. The Kier molecular flexibility index (Phi) is 8.91. The Morgan fingerprint density at radius 1 is 1.25 bits per heavy atom. The second-order valence-corrected chi connectivity index (χ2v) is 9.57. The van der Waals surface area contributed by atoms with Crippen LogP contribution in [-0.2, 0) is 0 Å². The second kappa shape index (κ2) is 11.6. The van der Waals surface area contributed by atoms with Gasteiger partial charge in [0.05, 0.1) is 11.2 Å². The van der Waals surface area contributed by atoms with Gasteiger partial charge in [-0.05, 0) is 78.0 Å². The molecule has 1 aromatic carbocycles. The Bertz CT molecular complexity index is 883. The molecule has 1 aromatic heterocycles. The highest BCUT2D eigenvalue weighted by atomic mass is 32.1. The fourth-order valence-electron chi connectivity index (χ4n) is 4.54. The van der Waals surface area contributed by atoms with E-state index < -0.39 is 0 Å². The third-order valence-corrected chi connectivity index (χ3v) is 7.49. The molecule has 2 aromatic rings. The number of nitrogens with zero attached hydrogens (tertiary/aromatic N) is 3. The van der Waals surface area contributed by atoms with Gasteiger partial charge in [-0.25, -0.2) is 0 Å². The van der Waals surface area contributed by atoms with Crippen molar-refractivity contribution in [2.24, 2.45) is 4.99 Å². The van der Waals surface area contributed by atoms with Gasteiger partial charge < -0.3 is 15.0 Å². The lowest BCUT2D eigenvalue weighted by atomic mass is 9.82. The van der Waals surface area contributed by atoms with Crippen molar-refractivity contribution in [2.75, 3.05) is 45.7 Å². The van der Waals surface area contributed by atoms with E-state index in [1.807, 2.05) is 26.2 Å². The van der Waals surface area contributed by atoms with Crippen molar-refractivity contribution in [1.29, 1.82) is 0 Å². The minimum atomic E-state index is -0.00187. The van der Waals surface area contributed by atoms with Crippen molar-refractivity contribution >= 4 is 22.7 Å². The van der Waals surface area contributed by atoms with E-state index in [1.54, 1.807) is 11.3 Å². The molecule has 3 rings (SSSR count). The molecule has 0 spiro atoms. The lowest BCUT2D eigenvalue weighted by Crippen LogP contribution is -2.57. The molecule has 174 valence electrons. The van der Waals surface area contributed by atoms with Crippen LogP contribution in [0.25, 0.3) is 0 Å². The topological polar surface area (TPSA) is 40.1 Å². The Labute approximate surface area is 197 Å². The maximum Gasteiger partial charge on any atom is 0.143 e. The number of para-hydroxylation sites is 2. The molecule has 1 unspecified atom stereocenters. The van der Waals surface area contributed by atoms with E-state index in [0.29, 0.717) is 0 Å². The number of aliphatic imine (C=N–C) groups is 1. The van der Waals surface area contributed by atoms with Gasteiger partial charge in [0.25, 0.3) is 0 Å². The molecular formula is C26H38N4OS. The first-order chi connectivity index (χ1) is 15.5. The van der Waals surface area contributed by atoms with Crippen LogP contribution in [0.3, 0.4) is 0 Å². The summed E-state index contributed by atoms with van der Waals surface area (Å²) in [7, 11) is 6.34. The van der Waals surface area contributed by atoms with Gasteiger partial charge >= 0.3 is 0 Å². The molecule has 32 heavy (non-hydrogen) atoms. The molecule has 6 heteroatoms. The normalized spacial score (nSPS) is 17.8. The van der Waals surface area contributed by atoms with Gasteiger partial charge in [-0.1, -0.05) is 24.3 Å². The fourth-order valence-corrected chi connectivity index (χ4v) is 5.33. The maximum atomic E-state index is 6.63. The summed E-state index contributed by atoms with van der Waals surface area (Å²) < 4.78 is 6.63. The van der Waals surface area contributed by atoms with Crippen molar-refractivity contribution in [3.63, 3.8) is 0 Å². The quantitative estimate of drug-likeness (QED) is 0.490. The molecule has 1 N–H and O–H groups in total. The van der Waals surface area contributed by atoms with E-state index in [0.717, 1.165) is 44.6 Å².